The molecule has 5 nitrogen and oxygen atoms in total. The molecule has 0 aliphatic carbocycles. The SMILES string of the molecule is c1nc2cc3sc(-c4nc5cc6scnc6nc5s4)nc3cc2s1. The lowest BCUT2D eigenvalue weighted by atomic mass is 10.3. The number of rotatable bonds is 1. The van der Waals surface area contributed by atoms with Gasteiger partial charge in [-0.1, -0.05) is 11.3 Å². The summed E-state index contributed by atoms with van der Waals surface area (Å²) in [6.45, 7) is 0. The lowest BCUT2D eigenvalue weighted by molar-refractivity contribution is 1.38. The second-order valence-electron chi connectivity index (χ2n) is 5.16. The zero-order valence-electron chi connectivity index (χ0n) is 11.8. The molecule has 0 saturated carbocycles. The van der Waals surface area contributed by atoms with Crippen molar-refractivity contribution in [3.05, 3.63) is 29.2 Å². The number of thiazole rings is 4. The molecular weight excluding hydrogens is 378 g/mol. The highest BCUT2D eigenvalue weighted by Crippen LogP contribution is 2.37. The van der Waals surface area contributed by atoms with Gasteiger partial charge in [-0.3, -0.25) is 0 Å². The van der Waals surface area contributed by atoms with E-state index in [1.807, 2.05) is 11.0 Å². The van der Waals surface area contributed by atoms with Crippen molar-refractivity contribution in [3.63, 3.8) is 0 Å². The van der Waals surface area contributed by atoms with Crippen LogP contribution in [0.25, 0.3) is 51.1 Å². The average molecular weight is 384 g/mol. The summed E-state index contributed by atoms with van der Waals surface area (Å²) < 4.78 is 3.37. The Balaban J connectivity index is 1.58. The first-order valence-electron chi connectivity index (χ1n) is 6.98. The molecular formula is C15H5N5S4. The second kappa shape index (κ2) is 4.73. The van der Waals surface area contributed by atoms with Crippen molar-refractivity contribution >= 4 is 86.5 Å². The molecule has 0 amide bonds. The molecule has 1 aromatic carbocycles. The van der Waals surface area contributed by atoms with Crippen LogP contribution >= 0.6 is 45.3 Å². The van der Waals surface area contributed by atoms with E-state index in [9.17, 15) is 0 Å². The van der Waals surface area contributed by atoms with E-state index < -0.39 is 0 Å². The monoisotopic (exact) mass is 383 g/mol. The number of fused-ring (bicyclic) bond motifs is 4. The van der Waals surface area contributed by atoms with Gasteiger partial charge in [0.1, 0.15) is 10.3 Å². The Labute approximate surface area is 150 Å². The Morgan fingerprint density at radius 2 is 1.38 bits per heavy atom. The maximum Gasteiger partial charge on any atom is 0.171 e. The lowest BCUT2D eigenvalue weighted by Crippen LogP contribution is -1.76. The standard InChI is InChI=1S/C15H5N5S4/c1-6-9(21-4-16-6)2-7-10(1)23-14(18-7)15-19-8-3-11-12(17-5-22-11)20-13(8)24-15/h1-5H. The molecule has 5 aromatic heterocycles. The van der Waals surface area contributed by atoms with Gasteiger partial charge in [0.25, 0.3) is 0 Å². The lowest BCUT2D eigenvalue weighted by Gasteiger charge is -1.86. The van der Waals surface area contributed by atoms with E-state index in [-0.39, 0.29) is 0 Å². The van der Waals surface area contributed by atoms with Crippen LogP contribution in [0, 0.1) is 0 Å². The van der Waals surface area contributed by atoms with E-state index in [0.29, 0.717) is 0 Å². The molecule has 0 unspecified atom stereocenters. The van der Waals surface area contributed by atoms with E-state index in [4.69, 9.17) is 9.97 Å². The van der Waals surface area contributed by atoms with Crippen molar-refractivity contribution in [3.8, 4) is 10.0 Å². The van der Waals surface area contributed by atoms with Gasteiger partial charge in [0.15, 0.2) is 15.7 Å². The summed E-state index contributed by atoms with van der Waals surface area (Å²) in [6, 6.07) is 6.27. The van der Waals surface area contributed by atoms with Crippen molar-refractivity contribution in [2.24, 2.45) is 0 Å². The van der Waals surface area contributed by atoms with Gasteiger partial charge in [0, 0.05) is 0 Å². The van der Waals surface area contributed by atoms with Crippen LogP contribution in [-0.4, -0.2) is 24.9 Å². The quantitative estimate of drug-likeness (QED) is 0.391. The fourth-order valence-electron chi connectivity index (χ4n) is 2.61. The summed E-state index contributed by atoms with van der Waals surface area (Å²) in [6.07, 6.45) is 0. The van der Waals surface area contributed by atoms with Gasteiger partial charge in [0.05, 0.1) is 36.2 Å². The molecule has 9 heteroatoms. The van der Waals surface area contributed by atoms with E-state index >= 15 is 0 Å². The molecule has 0 fully saturated rings. The Kier molecular flexibility index (Phi) is 2.61. The van der Waals surface area contributed by atoms with Crippen LogP contribution in [0.1, 0.15) is 0 Å². The summed E-state index contributed by atoms with van der Waals surface area (Å²) >= 11 is 6.44. The van der Waals surface area contributed by atoms with Gasteiger partial charge < -0.3 is 0 Å². The molecule has 0 saturated heterocycles. The highest BCUT2D eigenvalue weighted by atomic mass is 32.1. The first-order valence-corrected chi connectivity index (χ1v) is 10.4. The predicted molar refractivity (Wildman–Crippen MR) is 102 cm³/mol. The largest absolute Gasteiger partial charge is 0.245 e. The summed E-state index contributed by atoms with van der Waals surface area (Å²) in [7, 11) is 0. The first kappa shape index (κ1) is 13.2. The van der Waals surface area contributed by atoms with Crippen molar-refractivity contribution in [2.75, 3.05) is 0 Å². The summed E-state index contributed by atoms with van der Waals surface area (Å²) in [5, 5.41) is 1.84. The highest BCUT2D eigenvalue weighted by molar-refractivity contribution is 7.27. The van der Waals surface area contributed by atoms with Gasteiger partial charge in [-0.15, -0.1) is 34.0 Å². The molecule has 0 aliphatic rings. The molecule has 0 aliphatic heterocycles. The number of hydrogen-bond donors (Lipinski definition) is 0. The number of hydrogen-bond acceptors (Lipinski definition) is 9. The van der Waals surface area contributed by atoms with Crippen LogP contribution in [-0.2, 0) is 0 Å². The molecule has 0 spiro atoms. The molecule has 6 rings (SSSR count). The van der Waals surface area contributed by atoms with Crippen LogP contribution in [0.4, 0.5) is 0 Å². The maximum atomic E-state index is 4.77. The third-order valence-corrected chi connectivity index (χ3v) is 7.39. The van der Waals surface area contributed by atoms with Crippen molar-refractivity contribution in [1.82, 2.24) is 24.9 Å². The normalized spacial score (nSPS) is 12.2. The van der Waals surface area contributed by atoms with Crippen molar-refractivity contribution < 1.29 is 0 Å². The fraction of sp³-hybridized carbons (Fsp3) is 0. The molecule has 0 N–H and O–H groups in total. The zero-order valence-corrected chi connectivity index (χ0v) is 15.0. The Hall–Kier alpha value is -2.07. The Morgan fingerprint density at radius 1 is 0.625 bits per heavy atom. The maximum absolute atomic E-state index is 4.77. The van der Waals surface area contributed by atoms with E-state index in [0.717, 1.165) is 51.1 Å². The number of aromatic nitrogens is 5. The molecule has 24 heavy (non-hydrogen) atoms. The Bertz CT molecular complexity index is 1170. The van der Waals surface area contributed by atoms with Gasteiger partial charge >= 0.3 is 0 Å². The van der Waals surface area contributed by atoms with Crippen LogP contribution in [0.5, 0.6) is 0 Å². The predicted octanol–water partition coefficient (Wildman–Crippen LogP) is 5.19. The number of pyridine rings is 1. The third-order valence-electron chi connectivity index (χ3n) is 3.71. The fourth-order valence-corrected chi connectivity index (χ4v) is 5.87. The third kappa shape index (κ3) is 1.86. The summed E-state index contributed by atoms with van der Waals surface area (Å²) in [5.41, 5.74) is 7.41. The molecule has 114 valence electrons. The highest BCUT2D eigenvalue weighted by Gasteiger charge is 2.14. The van der Waals surface area contributed by atoms with Crippen molar-refractivity contribution in [2.45, 2.75) is 0 Å². The van der Waals surface area contributed by atoms with E-state index in [2.05, 4.69) is 33.2 Å². The van der Waals surface area contributed by atoms with E-state index in [1.165, 1.54) is 0 Å². The van der Waals surface area contributed by atoms with Gasteiger partial charge in [-0.2, -0.15) is 0 Å². The zero-order chi connectivity index (χ0) is 15.7. The summed E-state index contributed by atoms with van der Waals surface area (Å²) in [4.78, 5) is 23.7. The number of benzene rings is 1. The minimum Gasteiger partial charge on any atom is -0.245 e. The Morgan fingerprint density at radius 3 is 2.38 bits per heavy atom. The van der Waals surface area contributed by atoms with Crippen LogP contribution in [0.15, 0.2) is 29.2 Å². The molecule has 0 atom stereocenters. The minimum absolute atomic E-state index is 0.790. The van der Waals surface area contributed by atoms with Gasteiger partial charge in [-0.05, 0) is 18.2 Å². The van der Waals surface area contributed by atoms with Crippen LogP contribution in [0.3, 0.4) is 0 Å². The van der Waals surface area contributed by atoms with Gasteiger partial charge in [-0.25, -0.2) is 24.9 Å². The topological polar surface area (TPSA) is 64.5 Å². The molecule has 0 radical (unpaired) electrons. The summed E-state index contributed by atoms with van der Waals surface area (Å²) in [5.74, 6) is 0. The van der Waals surface area contributed by atoms with Gasteiger partial charge in [0.2, 0.25) is 0 Å². The molecule has 6 aromatic rings. The smallest absolute Gasteiger partial charge is 0.171 e. The van der Waals surface area contributed by atoms with E-state index in [1.54, 1.807) is 45.3 Å². The number of nitrogens with zero attached hydrogens (tertiary/aromatic N) is 5. The minimum atomic E-state index is 0.790. The van der Waals surface area contributed by atoms with Crippen LogP contribution in [0.2, 0.25) is 0 Å². The molecule has 0 bridgehead atoms. The van der Waals surface area contributed by atoms with Crippen LogP contribution < -0.4 is 0 Å². The first-order chi connectivity index (χ1) is 11.8. The molecule has 5 heterocycles. The second-order valence-corrected chi connectivity index (χ2v) is 8.95. The van der Waals surface area contributed by atoms with Crippen molar-refractivity contribution in [1.29, 1.82) is 0 Å². The average Bonchev–Trinajstić information content (AvgIpc) is 3.33.